The number of thioether (sulfide) groups is 1. The zero-order valence-corrected chi connectivity index (χ0v) is 49.5. The van der Waals surface area contributed by atoms with Gasteiger partial charge in [0, 0.05) is 45.0 Å². The van der Waals surface area contributed by atoms with Crippen molar-refractivity contribution >= 4 is 139 Å². The van der Waals surface area contributed by atoms with Gasteiger partial charge >= 0.3 is 0 Å². The Morgan fingerprint density at radius 3 is 1.45 bits per heavy atom. The van der Waals surface area contributed by atoms with Crippen LogP contribution in [0.5, 0.6) is 0 Å². The van der Waals surface area contributed by atoms with Gasteiger partial charge in [0.2, 0.25) is 0 Å². The molecule has 62 heavy (non-hydrogen) atoms. The first kappa shape index (κ1) is 52.7. The monoisotopic (exact) mass is 1220 g/mol. The van der Waals surface area contributed by atoms with Gasteiger partial charge in [-0.3, -0.25) is 0 Å². The Balaban J connectivity index is 1.70. The highest BCUT2D eigenvalue weighted by molar-refractivity contribution is 9.09. The minimum atomic E-state index is -2.44. The number of hydrogen-bond acceptors (Lipinski definition) is 1. The Labute approximate surface area is 428 Å². The van der Waals surface area contributed by atoms with Gasteiger partial charge in [-0.25, -0.2) is 0 Å². The van der Waals surface area contributed by atoms with Crippen molar-refractivity contribution in [2.75, 3.05) is 38.7 Å². The predicted molar refractivity (Wildman–Crippen MR) is 309 cm³/mol. The van der Waals surface area contributed by atoms with Crippen LogP contribution in [0.1, 0.15) is 86.5 Å². The van der Waals surface area contributed by atoms with Gasteiger partial charge in [-0.05, 0) is 130 Å². The molecule has 0 N–H and O–H groups in total. The van der Waals surface area contributed by atoms with Gasteiger partial charge in [0.1, 0.15) is 8.07 Å². The summed E-state index contributed by atoms with van der Waals surface area (Å²) in [4.78, 5) is 0. The fourth-order valence-electron chi connectivity index (χ4n) is 10.9. The first-order valence-electron chi connectivity index (χ1n) is 23.6. The van der Waals surface area contributed by atoms with Gasteiger partial charge < -0.3 is 0 Å². The molecule has 0 saturated heterocycles. The Kier molecular flexibility index (Phi) is 25.7. The summed E-state index contributed by atoms with van der Waals surface area (Å²) >= 11 is 21.4. The minimum Gasteiger partial charge on any atom is -0.165 e. The Morgan fingerprint density at radius 1 is 0.500 bits per heavy atom. The van der Waals surface area contributed by atoms with Gasteiger partial charge in [0.05, 0.1) is 0 Å². The fraction of sp³-hybridized carbons (Fsp3) is 0.472. The van der Waals surface area contributed by atoms with E-state index in [4.69, 9.17) is 0 Å². The van der Waals surface area contributed by atoms with Crippen LogP contribution in [0.25, 0.3) is 21.5 Å². The number of alkyl halides is 5. The van der Waals surface area contributed by atoms with E-state index in [1.807, 2.05) is 11.8 Å². The van der Waals surface area contributed by atoms with Gasteiger partial charge in [-0.1, -0.05) is 238 Å². The third kappa shape index (κ3) is 15.1. The Bertz CT molecular complexity index is 1780. The van der Waals surface area contributed by atoms with Crippen LogP contribution in [0.15, 0.2) is 121 Å². The molecule has 4 unspecified atom stereocenters. The minimum absolute atomic E-state index is 0.281. The van der Waals surface area contributed by atoms with E-state index in [9.17, 15) is 0 Å². The number of allylic oxidation sites excluding steroid dienone is 2. The van der Waals surface area contributed by atoms with Gasteiger partial charge in [0.25, 0.3) is 0 Å². The molecule has 5 rings (SSSR count). The van der Waals surface area contributed by atoms with Crippen molar-refractivity contribution < 1.29 is 0 Å². The number of benzene rings is 4. The van der Waals surface area contributed by atoms with Gasteiger partial charge in [0.15, 0.2) is 0 Å². The summed E-state index contributed by atoms with van der Waals surface area (Å²) in [6, 6.07) is 53.8. The van der Waals surface area contributed by atoms with Crippen LogP contribution in [0, 0.1) is 5.92 Å². The van der Waals surface area contributed by atoms with Crippen LogP contribution in [0.3, 0.4) is 0 Å². The lowest BCUT2D eigenvalue weighted by Crippen LogP contribution is -2.37. The molecule has 336 valence electrons. The van der Waals surface area contributed by atoms with Crippen LogP contribution < -0.4 is 0 Å². The highest BCUT2D eigenvalue weighted by Crippen LogP contribution is 2.59. The summed E-state index contributed by atoms with van der Waals surface area (Å²) in [6.45, 7) is 0. The number of rotatable bonds is 31. The average Bonchev–Trinajstić information content (AvgIpc) is 3.61. The SMILES string of the molecule is CSCCC[SiH](CCC[Si]1(CCC[SiH2]C(CCBr)C(CCBr)CCCBr)C(c2ccccc2)=C(c2ccccc2)C(c2ccccc2)=C1c1ccccc1)C(CCBr)CCCBr. The van der Waals surface area contributed by atoms with Crippen molar-refractivity contribution in [1.82, 2.24) is 0 Å². The lowest BCUT2D eigenvalue weighted by Gasteiger charge is -2.36. The molecule has 0 saturated carbocycles. The third-order valence-electron chi connectivity index (χ3n) is 13.7. The van der Waals surface area contributed by atoms with Crippen molar-refractivity contribution in [3.8, 4) is 0 Å². The van der Waals surface area contributed by atoms with Gasteiger partial charge in [-0.2, -0.15) is 11.8 Å². The van der Waals surface area contributed by atoms with Gasteiger partial charge in [-0.15, -0.1) is 0 Å². The summed E-state index contributed by atoms with van der Waals surface area (Å²) in [6.07, 6.45) is 15.7. The molecule has 4 aromatic carbocycles. The van der Waals surface area contributed by atoms with Crippen molar-refractivity contribution in [3.05, 3.63) is 144 Å². The smallest absolute Gasteiger partial charge is 0.121 e. The van der Waals surface area contributed by atoms with E-state index >= 15 is 0 Å². The molecule has 1 heterocycles. The molecule has 0 aromatic heterocycles. The lowest BCUT2D eigenvalue weighted by molar-refractivity contribution is 0.431. The largest absolute Gasteiger partial charge is 0.165 e. The van der Waals surface area contributed by atoms with Crippen LogP contribution in [0.2, 0.25) is 41.3 Å². The molecule has 9 heteroatoms. The molecule has 0 bridgehead atoms. The Morgan fingerprint density at radius 2 is 0.968 bits per heavy atom. The van der Waals surface area contributed by atoms with Crippen LogP contribution in [-0.4, -0.2) is 65.0 Å². The maximum Gasteiger partial charge on any atom is 0.121 e. The highest BCUT2D eigenvalue weighted by Gasteiger charge is 2.49. The van der Waals surface area contributed by atoms with Crippen molar-refractivity contribution in [3.63, 3.8) is 0 Å². The molecule has 0 aliphatic carbocycles. The maximum atomic E-state index is 3.93. The van der Waals surface area contributed by atoms with E-state index in [2.05, 4.69) is 207 Å². The van der Waals surface area contributed by atoms with Crippen LogP contribution in [0.4, 0.5) is 0 Å². The lowest BCUT2D eigenvalue weighted by atomic mass is 9.89. The second-order valence-electron chi connectivity index (χ2n) is 17.5. The summed E-state index contributed by atoms with van der Waals surface area (Å²) in [5, 5.41) is 9.07. The molecule has 0 spiro atoms. The van der Waals surface area contributed by atoms with E-state index in [-0.39, 0.29) is 9.52 Å². The molecule has 4 atom stereocenters. The van der Waals surface area contributed by atoms with Crippen molar-refractivity contribution in [2.45, 2.75) is 106 Å². The average molecular weight is 1220 g/mol. The molecular formula is C53H71Br5SSi3. The molecule has 1 aliphatic heterocycles. The number of halogens is 5. The third-order valence-corrected chi connectivity index (χ3v) is 29.3. The molecule has 1 aliphatic rings. The predicted octanol–water partition coefficient (Wildman–Crippen LogP) is 17.6. The molecule has 0 nitrogen and oxygen atoms in total. The van der Waals surface area contributed by atoms with E-state index in [1.54, 1.807) is 10.4 Å². The van der Waals surface area contributed by atoms with Crippen LogP contribution in [-0.2, 0) is 0 Å². The summed E-state index contributed by atoms with van der Waals surface area (Å²) in [7, 11) is -3.74. The topological polar surface area (TPSA) is 0 Å². The van der Waals surface area contributed by atoms with Crippen LogP contribution >= 0.6 is 91.4 Å². The standard InChI is InChI=1S/C53H71Br5SSi3/c1-59-37-16-39-61(48(30-35-57)28-15-33-55)40-18-42-62(41-17-38-60-49(31-36-58)43(29-34-56)27-14-32-54)52(46-23-10-4-11-24-46)50(44-19-6-2-7-20-44)51(45-21-8-3-9-22-45)53(62)47-25-12-5-13-26-47/h2-13,19-26,43,48-49,61H,14-18,27-42,60H2,1H3. The summed E-state index contributed by atoms with van der Waals surface area (Å²) < 4.78 is 0. The Hall–Kier alpha value is -0.239. The maximum absolute atomic E-state index is 3.93. The van der Waals surface area contributed by atoms with E-state index in [0.29, 0.717) is 0 Å². The molecule has 0 amide bonds. The summed E-state index contributed by atoms with van der Waals surface area (Å²) in [5.74, 6) is 2.14. The van der Waals surface area contributed by atoms with E-state index < -0.39 is 16.9 Å². The fourth-order valence-corrected chi connectivity index (χ4v) is 28.7. The molecular weight excluding hydrogens is 1150 g/mol. The highest BCUT2D eigenvalue weighted by atomic mass is 79.9. The second kappa shape index (κ2) is 30.2. The van der Waals surface area contributed by atoms with Crippen molar-refractivity contribution in [2.24, 2.45) is 5.92 Å². The molecule has 0 radical (unpaired) electrons. The molecule has 4 aromatic rings. The van der Waals surface area contributed by atoms with Crippen molar-refractivity contribution in [1.29, 1.82) is 0 Å². The quantitative estimate of drug-likeness (QED) is 0.0275. The summed E-state index contributed by atoms with van der Waals surface area (Å²) in [5.41, 5.74) is 10.5. The molecule has 0 fully saturated rings. The first-order valence-corrected chi connectivity index (χ1v) is 37.1. The zero-order valence-electron chi connectivity index (χ0n) is 37.2. The normalized spacial score (nSPS) is 16.0. The number of hydrogen-bond donors (Lipinski definition) is 0. The first-order chi connectivity index (χ1) is 30.6. The zero-order chi connectivity index (χ0) is 43.8. The second-order valence-corrected chi connectivity index (χ2v) is 32.5. The van der Waals surface area contributed by atoms with E-state index in [0.717, 1.165) is 43.7 Å². The van der Waals surface area contributed by atoms with E-state index in [1.165, 1.54) is 134 Å².